The van der Waals surface area contributed by atoms with Crippen LogP contribution in [0.25, 0.3) is 0 Å². The van der Waals surface area contributed by atoms with Crippen LogP contribution in [0.3, 0.4) is 0 Å². The molecule has 0 saturated carbocycles. The van der Waals surface area contributed by atoms with E-state index in [1.807, 2.05) is 43.1 Å². The van der Waals surface area contributed by atoms with Gasteiger partial charge in [0.25, 0.3) is 0 Å². The molecule has 0 atom stereocenters. The van der Waals surface area contributed by atoms with Crippen molar-refractivity contribution < 1.29 is 4.39 Å². The van der Waals surface area contributed by atoms with Gasteiger partial charge in [-0.3, -0.25) is 0 Å². The van der Waals surface area contributed by atoms with Crippen molar-refractivity contribution in [2.45, 2.75) is 6.92 Å². The Morgan fingerprint density at radius 2 is 1.88 bits per heavy atom. The molecule has 3 heteroatoms. The summed E-state index contributed by atoms with van der Waals surface area (Å²) in [6.45, 7) is 2.01. The number of nitrogen functional groups attached to an aromatic ring is 1. The van der Waals surface area contributed by atoms with Gasteiger partial charge in [-0.1, -0.05) is 12.1 Å². The Kier molecular flexibility index (Phi) is 3.00. The largest absolute Gasteiger partial charge is 0.399 e. The molecule has 0 aliphatic carbocycles. The maximum Gasteiger partial charge on any atom is 0.148 e. The lowest BCUT2D eigenvalue weighted by molar-refractivity contribution is 0.628. The molecule has 0 aliphatic rings. The molecule has 0 bridgehead atoms. The summed E-state index contributed by atoms with van der Waals surface area (Å²) in [5.74, 6) is -0.311. The van der Waals surface area contributed by atoms with Gasteiger partial charge in [-0.05, 0) is 42.8 Å². The topological polar surface area (TPSA) is 29.3 Å². The van der Waals surface area contributed by atoms with Gasteiger partial charge in [0.1, 0.15) is 5.82 Å². The first-order valence-electron chi connectivity index (χ1n) is 5.43. The predicted molar refractivity (Wildman–Crippen MR) is 70.1 cm³/mol. The summed E-state index contributed by atoms with van der Waals surface area (Å²) in [5, 5.41) is 0. The van der Waals surface area contributed by atoms with E-state index in [4.69, 9.17) is 5.73 Å². The summed E-state index contributed by atoms with van der Waals surface area (Å²) < 4.78 is 13.8. The monoisotopic (exact) mass is 230 g/mol. The highest BCUT2D eigenvalue weighted by Crippen LogP contribution is 2.27. The van der Waals surface area contributed by atoms with Crippen LogP contribution in [-0.4, -0.2) is 7.05 Å². The lowest BCUT2D eigenvalue weighted by Gasteiger charge is -2.20. The van der Waals surface area contributed by atoms with Crippen LogP contribution in [0, 0.1) is 12.7 Å². The van der Waals surface area contributed by atoms with E-state index in [0.29, 0.717) is 11.4 Å². The highest BCUT2D eigenvalue weighted by Gasteiger charge is 2.09. The fourth-order valence-corrected chi connectivity index (χ4v) is 1.77. The normalized spacial score (nSPS) is 10.3. The van der Waals surface area contributed by atoms with Crippen LogP contribution in [0.15, 0.2) is 42.5 Å². The van der Waals surface area contributed by atoms with E-state index in [1.54, 1.807) is 12.1 Å². The number of nitrogens with two attached hydrogens (primary N) is 1. The standard InChI is InChI=1S/C14H15FN2/c1-10-4-3-5-12(8-10)17(2)14-7-6-11(16)9-13(14)15/h3-9H,16H2,1-2H3. The number of rotatable bonds is 2. The van der Waals surface area contributed by atoms with Gasteiger partial charge in [0.2, 0.25) is 0 Å². The van der Waals surface area contributed by atoms with Crippen molar-refractivity contribution in [2.24, 2.45) is 0 Å². The molecule has 88 valence electrons. The first-order chi connectivity index (χ1) is 8.08. The Hall–Kier alpha value is -2.03. The maximum absolute atomic E-state index is 13.8. The zero-order valence-corrected chi connectivity index (χ0v) is 9.94. The second-order valence-corrected chi connectivity index (χ2v) is 4.11. The Morgan fingerprint density at radius 3 is 2.53 bits per heavy atom. The Bertz CT molecular complexity index is 537. The summed E-state index contributed by atoms with van der Waals surface area (Å²) >= 11 is 0. The average molecular weight is 230 g/mol. The van der Waals surface area contributed by atoms with Crippen molar-refractivity contribution >= 4 is 17.1 Å². The second-order valence-electron chi connectivity index (χ2n) is 4.11. The van der Waals surface area contributed by atoms with E-state index in [1.165, 1.54) is 6.07 Å². The SMILES string of the molecule is Cc1cccc(N(C)c2ccc(N)cc2F)c1. The molecule has 2 N–H and O–H groups in total. The summed E-state index contributed by atoms with van der Waals surface area (Å²) in [5.41, 5.74) is 8.58. The third kappa shape index (κ3) is 2.38. The number of hydrogen-bond donors (Lipinski definition) is 1. The van der Waals surface area contributed by atoms with Crippen molar-refractivity contribution in [3.05, 3.63) is 53.8 Å². The van der Waals surface area contributed by atoms with Gasteiger partial charge in [-0.2, -0.15) is 0 Å². The molecular formula is C14H15FN2. The molecule has 2 rings (SSSR count). The highest BCUT2D eigenvalue weighted by atomic mass is 19.1. The zero-order valence-electron chi connectivity index (χ0n) is 9.94. The van der Waals surface area contributed by atoms with E-state index in [0.717, 1.165) is 11.3 Å². The van der Waals surface area contributed by atoms with Gasteiger partial charge in [-0.25, -0.2) is 4.39 Å². The van der Waals surface area contributed by atoms with Gasteiger partial charge >= 0.3 is 0 Å². The van der Waals surface area contributed by atoms with Crippen LogP contribution in [0.4, 0.5) is 21.5 Å². The highest BCUT2D eigenvalue weighted by molar-refractivity contribution is 5.65. The zero-order chi connectivity index (χ0) is 12.4. The minimum Gasteiger partial charge on any atom is -0.399 e. The second kappa shape index (κ2) is 4.45. The van der Waals surface area contributed by atoms with Crippen LogP contribution in [0.5, 0.6) is 0 Å². The van der Waals surface area contributed by atoms with E-state index >= 15 is 0 Å². The third-order valence-corrected chi connectivity index (χ3v) is 2.72. The molecule has 0 fully saturated rings. The Labute approximate surface area is 100 Å². The number of aryl methyl sites for hydroxylation is 1. The molecular weight excluding hydrogens is 215 g/mol. The fraction of sp³-hybridized carbons (Fsp3) is 0.143. The van der Waals surface area contributed by atoms with Crippen LogP contribution in [0.2, 0.25) is 0 Å². The summed E-state index contributed by atoms with van der Waals surface area (Å²) in [4.78, 5) is 1.81. The molecule has 0 heterocycles. The quantitative estimate of drug-likeness (QED) is 0.800. The van der Waals surface area contributed by atoms with Crippen molar-refractivity contribution in [1.82, 2.24) is 0 Å². The predicted octanol–water partition coefficient (Wildman–Crippen LogP) is 3.48. The van der Waals surface area contributed by atoms with Gasteiger partial charge in [-0.15, -0.1) is 0 Å². The van der Waals surface area contributed by atoms with Crippen LogP contribution in [0.1, 0.15) is 5.56 Å². The molecule has 0 spiro atoms. The number of hydrogen-bond acceptors (Lipinski definition) is 2. The fourth-order valence-electron chi connectivity index (χ4n) is 1.77. The number of benzene rings is 2. The maximum atomic E-state index is 13.8. The van der Waals surface area contributed by atoms with E-state index < -0.39 is 0 Å². The summed E-state index contributed by atoms with van der Waals surface area (Å²) in [6.07, 6.45) is 0. The van der Waals surface area contributed by atoms with Gasteiger partial charge < -0.3 is 10.6 Å². The smallest absolute Gasteiger partial charge is 0.148 e. The van der Waals surface area contributed by atoms with Crippen molar-refractivity contribution in [2.75, 3.05) is 17.7 Å². The van der Waals surface area contributed by atoms with Crippen LogP contribution < -0.4 is 10.6 Å². The van der Waals surface area contributed by atoms with E-state index in [-0.39, 0.29) is 5.82 Å². The minimum atomic E-state index is -0.311. The molecule has 2 aromatic rings. The van der Waals surface area contributed by atoms with Crippen molar-refractivity contribution in [3.63, 3.8) is 0 Å². The third-order valence-electron chi connectivity index (χ3n) is 2.72. The molecule has 2 nitrogen and oxygen atoms in total. The minimum absolute atomic E-state index is 0.311. The lowest BCUT2D eigenvalue weighted by Crippen LogP contribution is -2.11. The summed E-state index contributed by atoms with van der Waals surface area (Å²) in [7, 11) is 1.84. The van der Waals surface area contributed by atoms with Gasteiger partial charge in [0, 0.05) is 18.4 Å². The lowest BCUT2D eigenvalue weighted by atomic mass is 10.2. The molecule has 0 radical (unpaired) electrons. The molecule has 2 aromatic carbocycles. The number of anilines is 3. The number of nitrogens with zero attached hydrogens (tertiary/aromatic N) is 1. The molecule has 0 aliphatic heterocycles. The van der Waals surface area contributed by atoms with Gasteiger partial charge in [0.15, 0.2) is 0 Å². The Morgan fingerprint density at radius 1 is 1.12 bits per heavy atom. The molecule has 0 saturated heterocycles. The average Bonchev–Trinajstić information content (AvgIpc) is 2.28. The van der Waals surface area contributed by atoms with E-state index in [2.05, 4.69) is 0 Å². The summed E-state index contributed by atoms with van der Waals surface area (Å²) in [6, 6.07) is 12.6. The first kappa shape index (κ1) is 11.5. The Balaban J connectivity index is 2.40. The molecule has 17 heavy (non-hydrogen) atoms. The number of halogens is 1. The first-order valence-corrected chi connectivity index (χ1v) is 5.43. The van der Waals surface area contributed by atoms with Crippen LogP contribution >= 0.6 is 0 Å². The molecule has 0 amide bonds. The molecule has 0 aromatic heterocycles. The van der Waals surface area contributed by atoms with Crippen molar-refractivity contribution in [3.8, 4) is 0 Å². The van der Waals surface area contributed by atoms with E-state index in [9.17, 15) is 4.39 Å². The van der Waals surface area contributed by atoms with Crippen LogP contribution in [-0.2, 0) is 0 Å². The molecule has 0 unspecified atom stereocenters. The van der Waals surface area contributed by atoms with Gasteiger partial charge in [0.05, 0.1) is 5.69 Å². The van der Waals surface area contributed by atoms with Crippen molar-refractivity contribution in [1.29, 1.82) is 0 Å².